The van der Waals surface area contributed by atoms with Crippen molar-refractivity contribution < 1.29 is 19.8 Å². The first-order valence-electron chi connectivity index (χ1n) is 8.27. The second-order valence-corrected chi connectivity index (χ2v) is 7.06. The third-order valence-corrected chi connectivity index (χ3v) is 6.03. The van der Waals surface area contributed by atoms with Crippen LogP contribution >= 0.6 is 0 Å². The summed E-state index contributed by atoms with van der Waals surface area (Å²) in [7, 11) is 0. The van der Waals surface area contributed by atoms with Crippen LogP contribution in [0.2, 0.25) is 0 Å². The lowest BCUT2D eigenvalue weighted by Crippen LogP contribution is -2.59. The molecule has 1 aliphatic carbocycles. The van der Waals surface area contributed by atoms with Gasteiger partial charge in [-0.2, -0.15) is 0 Å². The Morgan fingerprint density at radius 1 is 0.917 bits per heavy atom. The molecular formula is C16H20N4O4. The Hall–Kier alpha value is -2.38. The van der Waals surface area contributed by atoms with Gasteiger partial charge in [0.15, 0.2) is 0 Å². The normalized spacial score (nSPS) is 31.7. The van der Waals surface area contributed by atoms with Gasteiger partial charge in [-0.05, 0) is 25.7 Å². The van der Waals surface area contributed by atoms with Gasteiger partial charge in [0.25, 0.3) is 0 Å². The lowest BCUT2D eigenvalue weighted by Gasteiger charge is -2.47. The van der Waals surface area contributed by atoms with Crippen molar-refractivity contribution in [3.63, 3.8) is 0 Å². The number of aromatic nitrogens is 2. The van der Waals surface area contributed by atoms with Gasteiger partial charge in [0, 0.05) is 32.2 Å². The Bertz CT molecular complexity index is 675. The highest BCUT2D eigenvalue weighted by atomic mass is 16.4. The molecule has 3 fully saturated rings. The van der Waals surface area contributed by atoms with Crippen LogP contribution < -0.4 is 9.80 Å². The van der Waals surface area contributed by atoms with Gasteiger partial charge >= 0.3 is 11.9 Å². The highest BCUT2D eigenvalue weighted by molar-refractivity contribution is 5.91. The second kappa shape index (κ2) is 5.06. The fourth-order valence-corrected chi connectivity index (χ4v) is 4.45. The number of rotatable bonds is 4. The van der Waals surface area contributed by atoms with Crippen molar-refractivity contribution in [1.82, 2.24) is 9.97 Å². The zero-order chi connectivity index (χ0) is 16.9. The van der Waals surface area contributed by atoms with Crippen LogP contribution in [0, 0.1) is 10.8 Å². The molecule has 2 saturated heterocycles. The molecule has 3 aliphatic rings. The smallest absolute Gasteiger partial charge is 0.312 e. The molecule has 3 heterocycles. The molecule has 8 heteroatoms. The van der Waals surface area contributed by atoms with Crippen LogP contribution in [0.25, 0.3) is 0 Å². The van der Waals surface area contributed by atoms with Crippen LogP contribution in [0.4, 0.5) is 11.6 Å². The van der Waals surface area contributed by atoms with Gasteiger partial charge in [0.05, 0.1) is 0 Å². The third-order valence-electron chi connectivity index (χ3n) is 6.03. The second-order valence-electron chi connectivity index (χ2n) is 7.06. The molecule has 1 aromatic heterocycles. The summed E-state index contributed by atoms with van der Waals surface area (Å²) in [4.78, 5) is 36.2. The largest absolute Gasteiger partial charge is 0.481 e. The number of nitrogens with zero attached hydrogens (tertiary/aromatic N) is 4. The van der Waals surface area contributed by atoms with Crippen molar-refractivity contribution in [3.8, 4) is 0 Å². The first-order valence-corrected chi connectivity index (χ1v) is 8.27. The molecule has 0 aromatic carbocycles. The molecule has 0 amide bonds. The lowest BCUT2D eigenvalue weighted by molar-refractivity contribution is -0.183. The molecule has 2 unspecified atom stereocenters. The van der Waals surface area contributed by atoms with E-state index in [-0.39, 0.29) is 13.1 Å². The van der Waals surface area contributed by atoms with E-state index in [0.717, 1.165) is 31.7 Å². The molecule has 0 spiro atoms. The molecule has 0 bridgehead atoms. The van der Waals surface area contributed by atoms with Crippen molar-refractivity contribution in [2.75, 3.05) is 36.0 Å². The lowest BCUT2D eigenvalue weighted by atomic mass is 9.51. The average molecular weight is 332 g/mol. The Labute approximate surface area is 139 Å². The third kappa shape index (κ3) is 1.85. The topological polar surface area (TPSA) is 107 Å². The average Bonchev–Trinajstić information content (AvgIpc) is 3.14. The highest BCUT2D eigenvalue weighted by Gasteiger charge is 2.73. The van der Waals surface area contributed by atoms with Crippen LogP contribution in [0.3, 0.4) is 0 Å². The summed E-state index contributed by atoms with van der Waals surface area (Å²) in [5, 5.41) is 19.3. The molecule has 2 aliphatic heterocycles. The van der Waals surface area contributed by atoms with Crippen molar-refractivity contribution in [3.05, 3.63) is 12.4 Å². The predicted octanol–water partition coefficient (Wildman–Crippen LogP) is 0.833. The monoisotopic (exact) mass is 332 g/mol. The minimum absolute atomic E-state index is 0.186. The van der Waals surface area contributed by atoms with Gasteiger partial charge in [-0.3, -0.25) is 9.59 Å². The van der Waals surface area contributed by atoms with Crippen molar-refractivity contribution in [1.29, 1.82) is 0 Å². The minimum Gasteiger partial charge on any atom is -0.481 e. The molecule has 4 rings (SSSR count). The van der Waals surface area contributed by atoms with E-state index in [9.17, 15) is 19.8 Å². The van der Waals surface area contributed by atoms with Crippen LogP contribution in [0.1, 0.15) is 25.7 Å². The molecule has 8 nitrogen and oxygen atoms in total. The van der Waals surface area contributed by atoms with Crippen LogP contribution in [-0.2, 0) is 9.59 Å². The van der Waals surface area contributed by atoms with Crippen molar-refractivity contribution in [2.45, 2.75) is 25.7 Å². The number of hydrogen-bond acceptors (Lipinski definition) is 6. The maximum atomic E-state index is 11.8. The first-order chi connectivity index (χ1) is 11.5. The highest BCUT2D eigenvalue weighted by Crippen LogP contribution is 2.62. The summed E-state index contributed by atoms with van der Waals surface area (Å²) in [6.07, 6.45) is 4.54. The fraction of sp³-hybridized carbons (Fsp3) is 0.625. The zero-order valence-electron chi connectivity index (χ0n) is 13.3. The summed E-state index contributed by atoms with van der Waals surface area (Å²) in [6, 6.07) is 1.85. The molecular weight excluding hydrogens is 312 g/mol. The van der Waals surface area contributed by atoms with E-state index in [4.69, 9.17) is 0 Å². The summed E-state index contributed by atoms with van der Waals surface area (Å²) in [5.41, 5.74) is -2.42. The molecule has 2 N–H and O–H groups in total. The Kier molecular flexibility index (Phi) is 3.20. The number of carboxylic acid groups (broad SMARTS) is 2. The number of fused-ring (bicyclic) bond motifs is 1. The number of carboxylic acids is 2. The van der Waals surface area contributed by atoms with Crippen LogP contribution in [0.15, 0.2) is 12.4 Å². The van der Waals surface area contributed by atoms with Crippen LogP contribution in [-0.4, -0.2) is 58.3 Å². The van der Waals surface area contributed by atoms with Crippen molar-refractivity contribution in [2.24, 2.45) is 10.8 Å². The summed E-state index contributed by atoms with van der Waals surface area (Å²) in [6.45, 7) is 2.28. The maximum Gasteiger partial charge on any atom is 0.312 e. The molecule has 24 heavy (non-hydrogen) atoms. The van der Waals surface area contributed by atoms with Crippen molar-refractivity contribution >= 4 is 23.6 Å². The minimum atomic E-state index is -1.21. The van der Waals surface area contributed by atoms with E-state index >= 15 is 0 Å². The number of aliphatic carboxylic acids is 2. The van der Waals surface area contributed by atoms with Crippen LogP contribution in [0.5, 0.6) is 0 Å². The van der Waals surface area contributed by atoms with E-state index in [0.29, 0.717) is 18.7 Å². The maximum absolute atomic E-state index is 11.8. The standard InChI is InChI=1S/C16H20N4O4/c21-13(22)15-3-4-16(15,14(23)24)9-20(8-15)12-7-11(17-10-18-12)19-5-1-2-6-19/h7,10H,1-6,8-9H2,(H,21,22)(H,23,24). The van der Waals surface area contributed by atoms with Gasteiger partial charge in [0.1, 0.15) is 28.8 Å². The summed E-state index contributed by atoms with van der Waals surface area (Å²) < 4.78 is 0. The molecule has 1 aromatic rings. The Morgan fingerprint density at radius 3 is 1.88 bits per heavy atom. The SMILES string of the molecule is O=C(O)C12CCC1(C(=O)O)CN(c1cc(N3CCCC3)ncn1)C2. The van der Waals surface area contributed by atoms with E-state index in [1.54, 1.807) is 4.90 Å². The fourth-order valence-electron chi connectivity index (χ4n) is 4.45. The molecule has 0 radical (unpaired) electrons. The Morgan fingerprint density at radius 2 is 1.42 bits per heavy atom. The van der Waals surface area contributed by atoms with E-state index in [1.807, 2.05) is 6.07 Å². The van der Waals surface area contributed by atoms with Gasteiger partial charge < -0.3 is 20.0 Å². The van der Waals surface area contributed by atoms with Gasteiger partial charge in [0.2, 0.25) is 0 Å². The van der Waals surface area contributed by atoms with Gasteiger partial charge in [-0.25, -0.2) is 9.97 Å². The van der Waals surface area contributed by atoms with E-state index < -0.39 is 22.8 Å². The number of hydrogen-bond donors (Lipinski definition) is 2. The van der Waals surface area contributed by atoms with E-state index in [2.05, 4.69) is 14.9 Å². The molecule has 2 atom stereocenters. The predicted molar refractivity (Wildman–Crippen MR) is 85.1 cm³/mol. The number of carbonyl (C=O) groups is 2. The Balaban J connectivity index is 1.65. The molecule has 128 valence electrons. The number of anilines is 2. The summed E-state index contributed by atoms with van der Waals surface area (Å²) in [5.74, 6) is -0.604. The van der Waals surface area contributed by atoms with E-state index in [1.165, 1.54) is 6.33 Å². The quantitative estimate of drug-likeness (QED) is 0.835. The first kappa shape index (κ1) is 15.2. The molecule has 1 saturated carbocycles. The van der Waals surface area contributed by atoms with Gasteiger partial charge in [-0.15, -0.1) is 0 Å². The van der Waals surface area contributed by atoms with Gasteiger partial charge in [-0.1, -0.05) is 0 Å². The summed E-state index contributed by atoms with van der Waals surface area (Å²) >= 11 is 0. The zero-order valence-corrected chi connectivity index (χ0v) is 13.3.